The highest BCUT2D eigenvalue weighted by atomic mass is 28.3. The molecule has 1 aromatic carbocycles. The molecule has 44 heavy (non-hydrogen) atoms. The van der Waals surface area contributed by atoms with Crippen LogP contribution in [0.2, 0.25) is 25.7 Å². The Morgan fingerprint density at radius 3 is 2.57 bits per heavy atom. The predicted molar refractivity (Wildman–Crippen MR) is 164 cm³/mol. The molecule has 2 N–H and O–H groups in total. The number of pyridine rings is 2. The molecule has 1 fully saturated rings. The molecule has 0 saturated carbocycles. The highest BCUT2D eigenvalue weighted by molar-refractivity contribution is 6.76. The average molecular weight is 621 g/mol. The molecule has 1 aliphatic rings. The number of carbonyl (C=O) groups is 1. The molecule has 1 atom stereocenters. The summed E-state index contributed by atoms with van der Waals surface area (Å²) in [6, 6.07) is 9.07. The van der Waals surface area contributed by atoms with Crippen LogP contribution in [0, 0.1) is 28.9 Å². The van der Waals surface area contributed by atoms with Crippen LogP contribution in [0.15, 0.2) is 48.9 Å². The monoisotopic (exact) mass is 620 g/mol. The van der Waals surface area contributed by atoms with Crippen molar-refractivity contribution >= 4 is 30.8 Å². The van der Waals surface area contributed by atoms with Crippen molar-refractivity contribution in [3.05, 3.63) is 66.3 Å². The quantitative estimate of drug-likeness (QED) is 0.145. The topological polar surface area (TPSA) is 123 Å². The number of carbonyl (C=O) groups excluding carboxylic acids is 1. The largest absolute Gasteiger partial charge is 0.450 e. The third kappa shape index (κ3) is 7.21. The first kappa shape index (κ1) is 31.1. The van der Waals surface area contributed by atoms with E-state index in [1.807, 2.05) is 19.2 Å². The minimum Gasteiger partial charge on any atom is -0.450 e. The summed E-state index contributed by atoms with van der Waals surface area (Å²) in [6.45, 7) is 10.5. The number of nitriles is 1. The lowest BCUT2D eigenvalue weighted by Gasteiger charge is -2.31. The van der Waals surface area contributed by atoms with Crippen LogP contribution in [-0.4, -0.2) is 54.5 Å². The fraction of sp³-hybridized carbons (Fsp3) is 0.355. The zero-order chi connectivity index (χ0) is 31.4. The van der Waals surface area contributed by atoms with Crippen LogP contribution in [0.25, 0.3) is 22.2 Å². The Bertz CT molecular complexity index is 1670. The first-order valence-electron chi connectivity index (χ1n) is 14.3. The number of ether oxygens (including phenoxy) is 3. The Morgan fingerprint density at radius 2 is 1.95 bits per heavy atom. The molecule has 0 aliphatic carbocycles. The Hall–Kier alpha value is -4.38. The van der Waals surface area contributed by atoms with Crippen LogP contribution in [0.5, 0.6) is 11.5 Å². The molecule has 4 aromatic rings. The molecule has 1 saturated heterocycles. The second-order valence-electron chi connectivity index (χ2n) is 12.0. The Kier molecular flexibility index (Phi) is 9.24. The van der Waals surface area contributed by atoms with Crippen molar-refractivity contribution < 1.29 is 27.8 Å². The van der Waals surface area contributed by atoms with Crippen LogP contribution in [0.3, 0.4) is 0 Å². The van der Waals surface area contributed by atoms with E-state index in [2.05, 4.69) is 40.2 Å². The molecular weight excluding hydrogens is 586 g/mol. The summed E-state index contributed by atoms with van der Waals surface area (Å²) >= 11 is 0. The number of urea groups is 1. The van der Waals surface area contributed by atoms with Crippen molar-refractivity contribution in [3.63, 3.8) is 0 Å². The number of nitrogens with one attached hydrogen (secondary N) is 2. The smallest absolute Gasteiger partial charge is 0.319 e. The SMILES string of the molecule is C[C@@H](NC(=O)Nc1cc(F)c(Oc2ccnc3c2c(-c2ccc(C#N)nc2)cn3COCC[Si](C)(C)C)c(F)c1)C1COC1. The highest BCUT2D eigenvalue weighted by Crippen LogP contribution is 2.39. The normalized spacial score (nSPS) is 14.1. The Labute approximate surface area is 255 Å². The first-order chi connectivity index (χ1) is 21.0. The van der Waals surface area contributed by atoms with E-state index in [4.69, 9.17) is 14.2 Å². The van der Waals surface area contributed by atoms with E-state index in [9.17, 15) is 10.1 Å². The number of anilines is 1. The zero-order valence-corrected chi connectivity index (χ0v) is 26.0. The van der Waals surface area contributed by atoms with Crippen molar-refractivity contribution in [2.75, 3.05) is 25.1 Å². The van der Waals surface area contributed by atoms with Crippen LogP contribution in [0.4, 0.5) is 19.3 Å². The zero-order valence-electron chi connectivity index (χ0n) is 25.0. The maximum Gasteiger partial charge on any atom is 0.319 e. The molecule has 0 spiro atoms. The second-order valence-corrected chi connectivity index (χ2v) is 17.6. The van der Waals surface area contributed by atoms with E-state index < -0.39 is 31.5 Å². The molecule has 13 heteroatoms. The van der Waals surface area contributed by atoms with Gasteiger partial charge in [-0.25, -0.2) is 23.5 Å². The molecule has 4 heterocycles. The molecule has 0 bridgehead atoms. The van der Waals surface area contributed by atoms with E-state index in [0.29, 0.717) is 42.0 Å². The van der Waals surface area contributed by atoms with E-state index in [-0.39, 0.29) is 35.8 Å². The number of amides is 2. The molecule has 0 radical (unpaired) electrons. The van der Waals surface area contributed by atoms with Gasteiger partial charge in [0.25, 0.3) is 0 Å². The molecule has 10 nitrogen and oxygen atoms in total. The summed E-state index contributed by atoms with van der Waals surface area (Å²) in [7, 11) is -1.30. The van der Waals surface area contributed by atoms with E-state index in [1.54, 1.807) is 22.9 Å². The molecule has 0 unspecified atom stereocenters. The number of aromatic nitrogens is 3. The summed E-state index contributed by atoms with van der Waals surface area (Å²) in [5.74, 6) is -2.28. The van der Waals surface area contributed by atoms with Gasteiger partial charge in [0.2, 0.25) is 0 Å². The number of hydrogen-bond acceptors (Lipinski definition) is 7. The fourth-order valence-corrected chi connectivity index (χ4v) is 5.38. The van der Waals surface area contributed by atoms with Crippen LogP contribution >= 0.6 is 0 Å². The molecule has 3 aromatic heterocycles. The lowest BCUT2D eigenvalue weighted by molar-refractivity contribution is -0.0444. The predicted octanol–water partition coefficient (Wildman–Crippen LogP) is 6.51. The number of hydrogen-bond donors (Lipinski definition) is 2. The highest BCUT2D eigenvalue weighted by Gasteiger charge is 2.26. The molecule has 5 rings (SSSR count). The lowest BCUT2D eigenvalue weighted by Crippen LogP contribution is -2.47. The van der Waals surface area contributed by atoms with Crippen molar-refractivity contribution in [3.8, 4) is 28.7 Å². The number of nitrogens with zero attached hydrogens (tertiary/aromatic N) is 4. The summed E-state index contributed by atoms with van der Waals surface area (Å²) < 4.78 is 49.3. The third-order valence-corrected chi connectivity index (χ3v) is 9.04. The molecule has 1 aliphatic heterocycles. The van der Waals surface area contributed by atoms with Crippen LogP contribution < -0.4 is 15.4 Å². The van der Waals surface area contributed by atoms with Gasteiger partial charge in [-0.15, -0.1) is 0 Å². The second kappa shape index (κ2) is 13.1. The molecule has 230 valence electrons. The van der Waals surface area contributed by atoms with Crippen LogP contribution in [0.1, 0.15) is 12.6 Å². The summed E-state index contributed by atoms with van der Waals surface area (Å²) in [5.41, 5.74) is 1.96. The van der Waals surface area contributed by atoms with E-state index >= 15 is 8.78 Å². The minimum absolute atomic E-state index is 0.0623. The van der Waals surface area contributed by atoms with Gasteiger partial charge < -0.3 is 29.4 Å². The summed E-state index contributed by atoms with van der Waals surface area (Å²) in [6.07, 6.45) is 4.85. The summed E-state index contributed by atoms with van der Waals surface area (Å²) in [5, 5.41) is 14.9. The van der Waals surface area contributed by atoms with Gasteiger partial charge in [-0.2, -0.15) is 5.26 Å². The molecule has 2 amide bonds. The number of benzene rings is 1. The number of fused-ring (bicyclic) bond motifs is 1. The Morgan fingerprint density at radius 1 is 1.20 bits per heavy atom. The molecular formula is C31H34F2N6O4Si. The van der Waals surface area contributed by atoms with Gasteiger partial charge in [0, 0.05) is 74.2 Å². The fourth-order valence-electron chi connectivity index (χ4n) is 4.62. The van der Waals surface area contributed by atoms with Gasteiger partial charge in [0.05, 0.1) is 18.6 Å². The van der Waals surface area contributed by atoms with Gasteiger partial charge >= 0.3 is 6.03 Å². The van der Waals surface area contributed by atoms with Gasteiger partial charge in [-0.3, -0.25) is 0 Å². The van der Waals surface area contributed by atoms with Crippen molar-refractivity contribution in [1.82, 2.24) is 19.9 Å². The van der Waals surface area contributed by atoms with Gasteiger partial charge in [-0.1, -0.05) is 19.6 Å². The maximum atomic E-state index is 15.3. The maximum absolute atomic E-state index is 15.3. The standard InChI is InChI=1S/C31H34F2N6O4Si/c1-19(21-16-42-17-21)37-31(40)38-23-11-25(32)29(26(33)12-23)43-27-7-8-35-30-28(27)24(20-5-6-22(13-34)36-14-20)15-39(30)18-41-9-10-44(2,3)4/h5-8,11-12,14-15,19,21H,9-10,16-18H2,1-4H3,(H2,37,38,40)/t19-/m1/s1. The van der Waals surface area contributed by atoms with E-state index in [0.717, 1.165) is 18.2 Å². The number of rotatable bonds is 11. The minimum atomic E-state index is -1.30. The van der Waals surface area contributed by atoms with Gasteiger partial charge in [0.15, 0.2) is 17.4 Å². The van der Waals surface area contributed by atoms with Crippen molar-refractivity contribution in [1.29, 1.82) is 5.26 Å². The van der Waals surface area contributed by atoms with Gasteiger partial charge in [-0.05, 0) is 31.2 Å². The Balaban J connectivity index is 1.43. The van der Waals surface area contributed by atoms with Crippen molar-refractivity contribution in [2.45, 2.75) is 45.4 Å². The van der Waals surface area contributed by atoms with E-state index in [1.165, 1.54) is 12.3 Å². The first-order valence-corrected chi connectivity index (χ1v) is 18.0. The lowest BCUT2D eigenvalue weighted by atomic mass is 10.0. The third-order valence-electron chi connectivity index (χ3n) is 7.33. The average Bonchev–Trinajstić information content (AvgIpc) is 3.31. The summed E-state index contributed by atoms with van der Waals surface area (Å²) in [4.78, 5) is 21.1. The van der Waals surface area contributed by atoms with Gasteiger partial charge in [0.1, 0.15) is 29.9 Å². The van der Waals surface area contributed by atoms with Crippen molar-refractivity contribution in [2.24, 2.45) is 5.92 Å². The number of halogens is 2. The van der Waals surface area contributed by atoms with Crippen LogP contribution in [-0.2, 0) is 16.2 Å².